The number of para-hydroxylation sites is 1. The van der Waals surface area contributed by atoms with Crippen LogP contribution in [0.4, 0.5) is 10.5 Å². The second kappa shape index (κ2) is 8.51. The van der Waals surface area contributed by atoms with Crippen LogP contribution in [0.3, 0.4) is 0 Å². The Balaban J connectivity index is 1.64. The molecule has 0 fully saturated rings. The molecule has 0 bridgehead atoms. The quantitative estimate of drug-likeness (QED) is 0.702. The molecule has 0 aliphatic carbocycles. The number of benzene rings is 2. The summed E-state index contributed by atoms with van der Waals surface area (Å²) in [6, 6.07) is 19.7. The molecule has 2 atom stereocenters. The van der Waals surface area contributed by atoms with Gasteiger partial charge in [0.05, 0.1) is 29.8 Å². The number of amides is 2. The van der Waals surface area contributed by atoms with Crippen LogP contribution < -0.4 is 10.6 Å². The van der Waals surface area contributed by atoms with Crippen molar-refractivity contribution in [3.63, 3.8) is 0 Å². The van der Waals surface area contributed by atoms with Gasteiger partial charge in [0.15, 0.2) is 0 Å². The monoisotopic (exact) mass is 363 g/mol. The molecular formula is C21H25N5O. The van der Waals surface area contributed by atoms with Gasteiger partial charge in [-0.3, -0.25) is 0 Å². The Labute approximate surface area is 159 Å². The van der Waals surface area contributed by atoms with Crippen molar-refractivity contribution in [2.75, 3.05) is 19.4 Å². The number of nitrogens with one attached hydrogen (secondary N) is 2. The highest BCUT2D eigenvalue weighted by atomic mass is 16.2. The van der Waals surface area contributed by atoms with Crippen LogP contribution in [0.15, 0.2) is 73.1 Å². The lowest BCUT2D eigenvalue weighted by molar-refractivity contribution is 0.223. The van der Waals surface area contributed by atoms with Gasteiger partial charge in [-0.2, -0.15) is 5.10 Å². The lowest BCUT2D eigenvalue weighted by Crippen LogP contribution is -2.44. The van der Waals surface area contributed by atoms with Gasteiger partial charge in [-0.1, -0.05) is 48.5 Å². The first-order valence-electron chi connectivity index (χ1n) is 8.93. The molecule has 0 saturated carbocycles. The summed E-state index contributed by atoms with van der Waals surface area (Å²) in [5, 5.41) is 10.2. The molecule has 27 heavy (non-hydrogen) atoms. The summed E-state index contributed by atoms with van der Waals surface area (Å²) in [4.78, 5) is 14.6. The van der Waals surface area contributed by atoms with Crippen LogP contribution >= 0.6 is 0 Å². The van der Waals surface area contributed by atoms with Gasteiger partial charge in [0.1, 0.15) is 0 Å². The number of likely N-dealkylation sites (N-methyl/N-ethyl adjacent to an activating group) is 1. The number of urea groups is 1. The van der Waals surface area contributed by atoms with E-state index in [0.29, 0.717) is 5.69 Å². The van der Waals surface area contributed by atoms with E-state index in [1.807, 2.05) is 69.6 Å². The van der Waals surface area contributed by atoms with Crippen LogP contribution in [-0.2, 0) is 0 Å². The van der Waals surface area contributed by atoms with Gasteiger partial charge >= 0.3 is 6.03 Å². The maximum atomic E-state index is 12.4. The van der Waals surface area contributed by atoms with Crippen LogP contribution in [0.25, 0.3) is 5.69 Å². The van der Waals surface area contributed by atoms with Crippen molar-refractivity contribution in [2.45, 2.75) is 19.0 Å². The van der Waals surface area contributed by atoms with E-state index in [0.717, 1.165) is 11.3 Å². The summed E-state index contributed by atoms with van der Waals surface area (Å²) in [6.45, 7) is 2.00. The molecule has 2 amide bonds. The summed E-state index contributed by atoms with van der Waals surface area (Å²) >= 11 is 0. The molecule has 6 nitrogen and oxygen atoms in total. The largest absolute Gasteiger partial charge is 0.333 e. The first kappa shape index (κ1) is 18.7. The molecule has 140 valence electrons. The van der Waals surface area contributed by atoms with Crippen LogP contribution in [0.1, 0.15) is 18.5 Å². The zero-order valence-electron chi connectivity index (χ0n) is 15.8. The first-order chi connectivity index (χ1) is 13.0. The molecule has 0 spiro atoms. The maximum Gasteiger partial charge on any atom is 0.319 e. The summed E-state index contributed by atoms with van der Waals surface area (Å²) in [5.41, 5.74) is 2.74. The molecule has 0 aliphatic heterocycles. The normalized spacial score (nSPS) is 13.2. The summed E-state index contributed by atoms with van der Waals surface area (Å²) in [5.74, 6) is 0. The van der Waals surface area contributed by atoms with Gasteiger partial charge in [-0.15, -0.1) is 0 Å². The van der Waals surface area contributed by atoms with Gasteiger partial charge in [0.25, 0.3) is 0 Å². The zero-order valence-corrected chi connectivity index (χ0v) is 15.8. The van der Waals surface area contributed by atoms with Crippen molar-refractivity contribution in [3.05, 3.63) is 78.6 Å². The summed E-state index contributed by atoms with van der Waals surface area (Å²) < 4.78 is 1.73. The van der Waals surface area contributed by atoms with Crippen molar-refractivity contribution >= 4 is 11.7 Å². The molecule has 3 rings (SSSR count). The van der Waals surface area contributed by atoms with Crippen LogP contribution in [0, 0.1) is 0 Å². The predicted octanol–water partition coefficient (Wildman–Crippen LogP) is 3.69. The minimum atomic E-state index is -0.252. The summed E-state index contributed by atoms with van der Waals surface area (Å²) in [6.07, 6.45) is 3.43. The Morgan fingerprint density at radius 2 is 1.67 bits per heavy atom. The lowest BCUT2D eigenvalue weighted by atomic mass is 9.99. The number of hydrogen-bond acceptors (Lipinski definition) is 3. The van der Waals surface area contributed by atoms with Gasteiger partial charge in [-0.05, 0) is 38.7 Å². The second-order valence-corrected chi connectivity index (χ2v) is 6.72. The molecule has 1 aromatic heterocycles. The SMILES string of the molecule is C[C@@H](NC(=O)Nc1cnn(-c2ccccc2)c1)[C@@H](c1ccccc1)N(C)C. The molecular weight excluding hydrogens is 338 g/mol. The number of carbonyl (C=O) groups excluding carboxylic acids is 1. The van der Waals surface area contributed by atoms with Crippen LogP contribution in [0.5, 0.6) is 0 Å². The van der Waals surface area contributed by atoms with Gasteiger partial charge in [-0.25, -0.2) is 9.48 Å². The van der Waals surface area contributed by atoms with E-state index in [1.54, 1.807) is 17.1 Å². The molecule has 3 aromatic rings. The average molecular weight is 363 g/mol. The van der Waals surface area contributed by atoms with Crippen molar-refractivity contribution < 1.29 is 4.79 Å². The van der Waals surface area contributed by atoms with E-state index in [-0.39, 0.29) is 18.1 Å². The Kier molecular flexibility index (Phi) is 5.88. The van der Waals surface area contributed by atoms with Crippen molar-refractivity contribution in [2.24, 2.45) is 0 Å². The number of nitrogens with zero attached hydrogens (tertiary/aromatic N) is 3. The lowest BCUT2D eigenvalue weighted by Gasteiger charge is -2.31. The number of hydrogen-bond donors (Lipinski definition) is 2. The Morgan fingerprint density at radius 1 is 1.04 bits per heavy atom. The fourth-order valence-corrected chi connectivity index (χ4v) is 3.25. The Morgan fingerprint density at radius 3 is 2.30 bits per heavy atom. The van der Waals surface area contributed by atoms with E-state index < -0.39 is 0 Å². The highest BCUT2D eigenvalue weighted by molar-refractivity contribution is 5.89. The number of carbonyl (C=O) groups is 1. The first-order valence-corrected chi connectivity index (χ1v) is 8.93. The minimum Gasteiger partial charge on any atom is -0.333 e. The fourth-order valence-electron chi connectivity index (χ4n) is 3.25. The van der Waals surface area contributed by atoms with E-state index in [4.69, 9.17) is 0 Å². The molecule has 0 saturated heterocycles. The highest BCUT2D eigenvalue weighted by Crippen LogP contribution is 2.22. The molecule has 0 aliphatic rings. The van der Waals surface area contributed by atoms with Gasteiger partial charge in [0, 0.05) is 6.04 Å². The molecule has 2 aromatic carbocycles. The number of rotatable bonds is 6. The molecule has 0 unspecified atom stereocenters. The number of aromatic nitrogens is 2. The third-order valence-corrected chi connectivity index (χ3v) is 4.39. The average Bonchev–Trinajstić information content (AvgIpc) is 3.11. The summed E-state index contributed by atoms with van der Waals surface area (Å²) in [7, 11) is 4.02. The molecule has 2 N–H and O–H groups in total. The predicted molar refractivity (Wildman–Crippen MR) is 108 cm³/mol. The van der Waals surface area contributed by atoms with Crippen molar-refractivity contribution in [3.8, 4) is 5.69 Å². The van der Waals surface area contributed by atoms with E-state index >= 15 is 0 Å². The van der Waals surface area contributed by atoms with Crippen molar-refractivity contribution in [1.82, 2.24) is 20.0 Å². The Hall–Kier alpha value is -3.12. The van der Waals surface area contributed by atoms with Gasteiger partial charge in [0.2, 0.25) is 0 Å². The third-order valence-electron chi connectivity index (χ3n) is 4.39. The molecule has 6 heteroatoms. The van der Waals surface area contributed by atoms with E-state index in [9.17, 15) is 4.79 Å². The molecule has 0 radical (unpaired) electrons. The highest BCUT2D eigenvalue weighted by Gasteiger charge is 2.23. The topological polar surface area (TPSA) is 62.2 Å². The smallest absolute Gasteiger partial charge is 0.319 e. The van der Waals surface area contributed by atoms with E-state index in [1.165, 1.54) is 0 Å². The van der Waals surface area contributed by atoms with E-state index in [2.05, 4.69) is 32.8 Å². The maximum absolute atomic E-state index is 12.4. The molecule has 1 heterocycles. The number of anilines is 1. The van der Waals surface area contributed by atoms with Crippen LogP contribution in [-0.4, -0.2) is 40.8 Å². The second-order valence-electron chi connectivity index (χ2n) is 6.72. The standard InChI is InChI=1S/C21H25N5O/c1-16(20(25(2)3)17-10-6-4-7-11-17)23-21(27)24-18-14-22-26(15-18)19-12-8-5-9-13-19/h4-16,20H,1-3H3,(H2,23,24,27)/t16-,20+/m1/s1. The third kappa shape index (κ3) is 4.74. The zero-order chi connectivity index (χ0) is 19.2. The van der Waals surface area contributed by atoms with Crippen molar-refractivity contribution in [1.29, 1.82) is 0 Å². The fraction of sp³-hybridized carbons (Fsp3) is 0.238. The Bertz CT molecular complexity index is 861. The van der Waals surface area contributed by atoms with Gasteiger partial charge < -0.3 is 15.5 Å². The van der Waals surface area contributed by atoms with Crippen LogP contribution in [0.2, 0.25) is 0 Å². The minimum absolute atomic E-state index is 0.0731.